The van der Waals surface area contributed by atoms with Gasteiger partial charge < -0.3 is 5.32 Å². The Morgan fingerprint density at radius 2 is 2.00 bits per heavy atom. The summed E-state index contributed by atoms with van der Waals surface area (Å²) < 4.78 is 0. The van der Waals surface area contributed by atoms with Crippen molar-refractivity contribution in [1.82, 2.24) is 10.2 Å². The third-order valence-electron chi connectivity index (χ3n) is 4.59. The van der Waals surface area contributed by atoms with Gasteiger partial charge in [0.05, 0.1) is 0 Å². The largest absolute Gasteiger partial charge is 0.313 e. The van der Waals surface area contributed by atoms with Crippen molar-refractivity contribution in [2.45, 2.75) is 65.0 Å². The van der Waals surface area contributed by atoms with E-state index in [-0.39, 0.29) is 0 Å². The van der Waals surface area contributed by atoms with Crippen LogP contribution in [0.25, 0.3) is 0 Å². The van der Waals surface area contributed by atoms with Gasteiger partial charge in [-0.15, -0.1) is 0 Å². The second-order valence-electron chi connectivity index (χ2n) is 6.50. The first-order chi connectivity index (χ1) is 10.3. The van der Waals surface area contributed by atoms with Gasteiger partial charge in [-0.2, -0.15) is 0 Å². The SMILES string of the molecule is CCCCCC(C)NCCN1CCCc2ccccc2C1. The maximum atomic E-state index is 3.69. The Morgan fingerprint density at radius 3 is 2.81 bits per heavy atom. The molecule has 1 atom stereocenters. The smallest absolute Gasteiger partial charge is 0.0237 e. The monoisotopic (exact) mass is 288 g/mol. The van der Waals surface area contributed by atoms with Crippen molar-refractivity contribution < 1.29 is 0 Å². The van der Waals surface area contributed by atoms with Crippen molar-refractivity contribution in [3.05, 3.63) is 35.4 Å². The molecule has 0 aromatic heterocycles. The van der Waals surface area contributed by atoms with E-state index in [0.29, 0.717) is 6.04 Å². The third-order valence-corrected chi connectivity index (χ3v) is 4.59. The first-order valence-corrected chi connectivity index (χ1v) is 8.82. The van der Waals surface area contributed by atoms with Gasteiger partial charge >= 0.3 is 0 Å². The molecule has 1 aliphatic heterocycles. The summed E-state index contributed by atoms with van der Waals surface area (Å²) in [6.07, 6.45) is 7.91. The Balaban J connectivity index is 1.69. The van der Waals surface area contributed by atoms with Gasteiger partial charge in [0.25, 0.3) is 0 Å². The minimum absolute atomic E-state index is 0.663. The summed E-state index contributed by atoms with van der Waals surface area (Å²) in [5, 5.41) is 3.69. The fourth-order valence-electron chi connectivity index (χ4n) is 3.23. The highest BCUT2D eigenvalue weighted by Crippen LogP contribution is 2.17. The number of hydrogen-bond acceptors (Lipinski definition) is 2. The number of nitrogens with zero attached hydrogens (tertiary/aromatic N) is 1. The molecule has 1 heterocycles. The second-order valence-corrected chi connectivity index (χ2v) is 6.50. The van der Waals surface area contributed by atoms with Gasteiger partial charge in [-0.3, -0.25) is 4.90 Å². The van der Waals surface area contributed by atoms with Crippen LogP contribution in [0.2, 0.25) is 0 Å². The van der Waals surface area contributed by atoms with Crippen LogP contribution >= 0.6 is 0 Å². The molecular formula is C19H32N2. The lowest BCUT2D eigenvalue weighted by atomic mass is 10.0. The second kappa shape index (κ2) is 9.22. The molecular weight excluding hydrogens is 256 g/mol. The summed E-state index contributed by atoms with van der Waals surface area (Å²) in [6, 6.07) is 9.61. The number of nitrogens with one attached hydrogen (secondary N) is 1. The molecule has 0 fully saturated rings. The average Bonchev–Trinajstić information content (AvgIpc) is 2.69. The van der Waals surface area contributed by atoms with E-state index in [9.17, 15) is 0 Å². The zero-order valence-electron chi connectivity index (χ0n) is 13.9. The Labute approximate surface area is 130 Å². The number of rotatable bonds is 8. The van der Waals surface area contributed by atoms with Crippen LogP contribution in [-0.2, 0) is 13.0 Å². The quantitative estimate of drug-likeness (QED) is 0.728. The summed E-state index contributed by atoms with van der Waals surface area (Å²) in [4.78, 5) is 2.61. The van der Waals surface area contributed by atoms with Gasteiger partial charge in [0, 0.05) is 25.7 Å². The molecule has 0 aliphatic carbocycles. The molecule has 1 unspecified atom stereocenters. The number of hydrogen-bond donors (Lipinski definition) is 1. The lowest BCUT2D eigenvalue weighted by Crippen LogP contribution is -2.35. The van der Waals surface area contributed by atoms with Crippen LogP contribution < -0.4 is 5.32 Å². The van der Waals surface area contributed by atoms with E-state index in [1.54, 1.807) is 5.56 Å². The molecule has 0 amide bonds. The highest BCUT2D eigenvalue weighted by Gasteiger charge is 2.13. The summed E-state index contributed by atoms with van der Waals surface area (Å²) in [6.45, 7) is 9.26. The molecule has 1 aliphatic rings. The van der Waals surface area contributed by atoms with Crippen molar-refractivity contribution in [2.75, 3.05) is 19.6 Å². The van der Waals surface area contributed by atoms with E-state index in [0.717, 1.165) is 13.1 Å². The van der Waals surface area contributed by atoms with Gasteiger partial charge in [-0.05, 0) is 43.9 Å². The molecule has 2 rings (SSSR count). The van der Waals surface area contributed by atoms with Crippen molar-refractivity contribution >= 4 is 0 Å². The fraction of sp³-hybridized carbons (Fsp3) is 0.684. The standard InChI is InChI=1S/C19H32N2/c1-3-4-5-9-17(2)20-13-15-21-14-8-12-18-10-6-7-11-19(18)16-21/h6-7,10-11,17,20H,3-5,8-9,12-16H2,1-2H3. The predicted molar refractivity (Wildman–Crippen MR) is 91.6 cm³/mol. The summed E-state index contributed by atoms with van der Waals surface area (Å²) in [7, 11) is 0. The lowest BCUT2D eigenvalue weighted by Gasteiger charge is -2.22. The van der Waals surface area contributed by atoms with Gasteiger partial charge in [-0.25, -0.2) is 0 Å². The van der Waals surface area contributed by atoms with E-state index in [2.05, 4.69) is 48.3 Å². The Morgan fingerprint density at radius 1 is 1.19 bits per heavy atom. The Bertz CT molecular complexity index is 402. The summed E-state index contributed by atoms with van der Waals surface area (Å²) in [5.74, 6) is 0. The van der Waals surface area contributed by atoms with E-state index in [1.165, 1.54) is 57.2 Å². The van der Waals surface area contributed by atoms with E-state index < -0.39 is 0 Å². The molecule has 118 valence electrons. The molecule has 0 saturated heterocycles. The van der Waals surface area contributed by atoms with Crippen LogP contribution in [-0.4, -0.2) is 30.6 Å². The van der Waals surface area contributed by atoms with Crippen LogP contribution in [0, 0.1) is 0 Å². The van der Waals surface area contributed by atoms with Gasteiger partial charge in [0.2, 0.25) is 0 Å². The highest BCUT2D eigenvalue weighted by molar-refractivity contribution is 5.27. The summed E-state index contributed by atoms with van der Waals surface area (Å²) >= 11 is 0. The first kappa shape index (κ1) is 16.5. The maximum Gasteiger partial charge on any atom is 0.0237 e. The molecule has 0 radical (unpaired) electrons. The van der Waals surface area contributed by atoms with Gasteiger partial charge in [0.1, 0.15) is 0 Å². The van der Waals surface area contributed by atoms with Crippen molar-refractivity contribution in [3.63, 3.8) is 0 Å². The van der Waals surface area contributed by atoms with Crippen molar-refractivity contribution in [3.8, 4) is 0 Å². The molecule has 1 aromatic carbocycles. The Kier molecular flexibility index (Phi) is 7.25. The van der Waals surface area contributed by atoms with Crippen LogP contribution in [0.1, 0.15) is 57.1 Å². The van der Waals surface area contributed by atoms with E-state index in [4.69, 9.17) is 0 Å². The first-order valence-electron chi connectivity index (χ1n) is 8.82. The molecule has 0 bridgehead atoms. The average molecular weight is 288 g/mol. The number of aryl methyl sites for hydroxylation is 1. The van der Waals surface area contributed by atoms with Crippen LogP contribution in [0.4, 0.5) is 0 Å². The van der Waals surface area contributed by atoms with Crippen molar-refractivity contribution in [1.29, 1.82) is 0 Å². The summed E-state index contributed by atoms with van der Waals surface area (Å²) in [5.41, 5.74) is 3.09. The third kappa shape index (κ3) is 5.80. The topological polar surface area (TPSA) is 15.3 Å². The normalized spacial score (nSPS) is 17.2. The molecule has 1 aromatic rings. The highest BCUT2D eigenvalue weighted by atomic mass is 15.1. The zero-order chi connectivity index (χ0) is 14.9. The van der Waals surface area contributed by atoms with Crippen LogP contribution in [0.15, 0.2) is 24.3 Å². The molecule has 1 N–H and O–H groups in total. The number of fused-ring (bicyclic) bond motifs is 1. The molecule has 21 heavy (non-hydrogen) atoms. The Hall–Kier alpha value is -0.860. The van der Waals surface area contributed by atoms with Crippen molar-refractivity contribution in [2.24, 2.45) is 0 Å². The van der Waals surface area contributed by atoms with Crippen LogP contribution in [0.5, 0.6) is 0 Å². The van der Waals surface area contributed by atoms with E-state index >= 15 is 0 Å². The van der Waals surface area contributed by atoms with Crippen LogP contribution in [0.3, 0.4) is 0 Å². The number of benzene rings is 1. The van der Waals surface area contributed by atoms with E-state index in [1.807, 2.05) is 0 Å². The minimum atomic E-state index is 0.663. The molecule has 0 saturated carbocycles. The molecule has 0 spiro atoms. The fourth-order valence-corrected chi connectivity index (χ4v) is 3.23. The lowest BCUT2D eigenvalue weighted by molar-refractivity contribution is 0.264. The maximum absolute atomic E-state index is 3.69. The number of unbranched alkanes of at least 4 members (excludes halogenated alkanes) is 2. The van der Waals surface area contributed by atoms with Gasteiger partial charge in [-0.1, -0.05) is 50.5 Å². The molecule has 2 nitrogen and oxygen atoms in total. The zero-order valence-corrected chi connectivity index (χ0v) is 13.9. The molecule has 2 heteroatoms. The van der Waals surface area contributed by atoms with Gasteiger partial charge in [0.15, 0.2) is 0 Å². The minimum Gasteiger partial charge on any atom is -0.313 e. The predicted octanol–water partition coefficient (Wildman–Crippen LogP) is 3.99.